The van der Waals surface area contributed by atoms with Crippen LogP contribution >= 0.6 is 0 Å². The van der Waals surface area contributed by atoms with Crippen molar-refractivity contribution in [2.45, 2.75) is 26.4 Å². The molecule has 0 saturated carbocycles. The van der Waals surface area contributed by atoms with E-state index in [1.54, 1.807) is 41.2 Å². The van der Waals surface area contributed by atoms with Crippen LogP contribution < -0.4 is 5.69 Å². The van der Waals surface area contributed by atoms with Crippen LogP contribution in [0.5, 0.6) is 0 Å². The van der Waals surface area contributed by atoms with Gasteiger partial charge in [-0.2, -0.15) is 5.26 Å². The zero-order valence-corrected chi connectivity index (χ0v) is 11.4. The Kier molecular flexibility index (Phi) is 3.85. The topological polar surface area (TPSA) is 67.8 Å². The number of imidazole rings is 1. The minimum Gasteiger partial charge on any atom is -0.297 e. The number of Topliss-reactive ketones (excluding diaryl/α,β-unsaturated/α-hetero) is 1. The summed E-state index contributed by atoms with van der Waals surface area (Å²) in [5.74, 6) is -0.155. The van der Waals surface area contributed by atoms with Crippen LogP contribution in [-0.2, 0) is 6.54 Å². The van der Waals surface area contributed by atoms with Crippen molar-refractivity contribution in [3.63, 3.8) is 0 Å². The van der Waals surface area contributed by atoms with Crippen molar-refractivity contribution in [1.29, 1.82) is 5.26 Å². The number of aromatic nitrogens is 2. The standard InChI is InChI=1S/C15H15N3O2/c1-11(2)18-8-7-17(15(18)20)10-14(19)13-5-3-12(9-16)4-6-13/h3-8,11H,10H2,1-2H3. The first-order valence-corrected chi connectivity index (χ1v) is 6.33. The molecular formula is C15H15N3O2. The van der Waals surface area contributed by atoms with Crippen molar-refractivity contribution in [1.82, 2.24) is 9.13 Å². The highest BCUT2D eigenvalue weighted by molar-refractivity contribution is 5.95. The molecule has 0 unspecified atom stereocenters. The predicted octanol–water partition coefficient (Wildman–Crippen LogP) is 1.99. The summed E-state index contributed by atoms with van der Waals surface area (Å²) in [7, 11) is 0. The molecule has 0 radical (unpaired) electrons. The molecule has 102 valence electrons. The van der Waals surface area contributed by atoms with Crippen LogP contribution in [0, 0.1) is 11.3 Å². The third-order valence-corrected chi connectivity index (χ3v) is 3.08. The van der Waals surface area contributed by atoms with E-state index >= 15 is 0 Å². The molecule has 1 heterocycles. The van der Waals surface area contributed by atoms with Crippen LogP contribution in [0.1, 0.15) is 35.8 Å². The Balaban J connectivity index is 2.19. The molecule has 0 aliphatic heterocycles. The van der Waals surface area contributed by atoms with Gasteiger partial charge in [-0.3, -0.25) is 13.9 Å². The second kappa shape index (κ2) is 5.57. The third kappa shape index (κ3) is 2.69. The molecule has 0 aliphatic carbocycles. The second-order valence-electron chi connectivity index (χ2n) is 4.82. The van der Waals surface area contributed by atoms with Crippen LogP contribution in [0.3, 0.4) is 0 Å². The number of benzene rings is 1. The minimum absolute atomic E-state index is 0.00442. The van der Waals surface area contributed by atoms with E-state index in [4.69, 9.17) is 5.26 Å². The molecule has 0 atom stereocenters. The molecule has 0 aliphatic rings. The first kappa shape index (κ1) is 13.8. The third-order valence-electron chi connectivity index (χ3n) is 3.08. The lowest BCUT2D eigenvalue weighted by molar-refractivity contribution is 0.0970. The van der Waals surface area contributed by atoms with Gasteiger partial charge in [0.1, 0.15) is 0 Å². The first-order valence-electron chi connectivity index (χ1n) is 6.33. The number of nitriles is 1. The van der Waals surface area contributed by atoms with Gasteiger partial charge < -0.3 is 0 Å². The first-order chi connectivity index (χ1) is 9.52. The summed E-state index contributed by atoms with van der Waals surface area (Å²) in [6.45, 7) is 3.83. The molecule has 1 aromatic carbocycles. The van der Waals surface area contributed by atoms with Crippen molar-refractivity contribution in [2.75, 3.05) is 0 Å². The van der Waals surface area contributed by atoms with E-state index in [9.17, 15) is 9.59 Å². The Morgan fingerprint density at radius 2 is 1.90 bits per heavy atom. The molecule has 0 bridgehead atoms. The maximum Gasteiger partial charge on any atom is 0.328 e. The number of nitrogens with zero attached hydrogens (tertiary/aromatic N) is 3. The molecule has 1 aromatic heterocycles. The molecule has 0 N–H and O–H groups in total. The van der Waals surface area contributed by atoms with Crippen molar-refractivity contribution in [3.05, 3.63) is 58.3 Å². The Bertz CT molecular complexity index is 715. The van der Waals surface area contributed by atoms with Crippen LogP contribution in [-0.4, -0.2) is 14.9 Å². The summed E-state index contributed by atoms with van der Waals surface area (Å²) in [5, 5.41) is 8.71. The quantitative estimate of drug-likeness (QED) is 0.797. The monoisotopic (exact) mass is 269 g/mol. The van der Waals surface area contributed by atoms with E-state index in [-0.39, 0.29) is 24.1 Å². The van der Waals surface area contributed by atoms with E-state index in [1.165, 1.54) is 4.57 Å². The average molecular weight is 269 g/mol. The van der Waals surface area contributed by atoms with Gasteiger partial charge in [-0.05, 0) is 26.0 Å². The van der Waals surface area contributed by atoms with Crippen molar-refractivity contribution in [3.8, 4) is 6.07 Å². The predicted molar refractivity (Wildman–Crippen MR) is 74.6 cm³/mol. The lowest BCUT2D eigenvalue weighted by atomic mass is 10.1. The minimum atomic E-state index is -0.193. The van der Waals surface area contributed by atoms with Gasteiger partial charge in [0, 0.05) is 24.0 Å². The summed E-state index contributed by atoms with van der Waals surface area (Å²) in [5.41, 5.74) is 0.805. The molecule has 0 fully saturated rings. The largest absolute Gasteiger partial charge is 0.328 e. The molecule has 0 saturated heterocycles. The van der Waals surface area contributed by atoms with Gasteiger partial charge in [-0.1, -0.05) is 12.1 Å². The van der Waals surface area contributed by atoms with Gasteiger partial charge in [0.05, 0.1) is 18.2 Å². The fourth-order valence-electron chi connectivity index (χ4n) is 1.92. The molecule has 20 heavy (non-hydrogen) atoms. The van der Waals surface area contributed by atoms with E-state index in [1.807, 2.05) is 19.9 Å². The SMILES string of the molecule is CC(C)n1ccn(CC(=O)c2ccc(C#N)cc2)c1=O. The Hall–Kier alpha value is -2.61. The summed E-state index contributed by atoms with van der Waals surface area (Å²) >= 11 is 0. The maximum atomic E-state index is 12.1. The average Bonchev–Trinajstić information content (AvgIpc) is 2.80. The molecule has 5 nitrogen and oxygen atoms in total. The van der Waals surface area contributed by atoms with Crippen LogP contribution in [0.2, 0.25) is 0 Å². The lowest BCUT2D eigenvalue weighted by Gasteiger charge is -2.05. The van der Waals surface area contributed by atoms with Gasteiger partial charge in [-0.25, -0.2) is 4.79 Å². The number of rotatable bonds is 4. The van der Waals surface area contributed by atoms with Gasteiger partial charge in [0.2, 0.25) is 0 Å². The highest BCUT2D eigenvalue weighted by Gasteiger charge is 2.11. The summed E-state index contributed by atoms with van der Waals surface area (Å²) in [4.78, 5) is 24.1. The highest BCUT2D eigenvalue weighted by atomic mass is 16.2. The van der Waals surface area contributed by atoms with Crippen LogP contribution in [0.4, 0.5) is 0 Å². The van der Waals surface area contributed by atoms with Gasteiger partial charge in [0.15, 0.2) is 5.78 Å². The van der Waals surface area contributed by atoms with E-state index in [0.29, 0.717) is 11.1 Å². The zero-order chi connectivity index (χ0) is 14.7. The highest BCUT2D eigenvalue weighted by Crippen LogP contribution is 2.06. The van der Waals surface area contributed by atoms with Crippen molar-refractivity contribution < 1.29 is 4.79 Å². The van der Waals surface area contributed by atoms with Gasteiger partial charge in [-0.15, -0.1) is 0 Å². The summed E-state index contributed by atoms with van der Waals surface area (Å²) in [6.07, 6.45) is 3.29. The number of hydrogen-bond acceptors (Lipinski definition) is 3. The zero-order valence-electron chi connectivity index (χ0n) is 11.4. The molecule has 2 rings (SSSR count). The number of ketones is 1. The normalized spacial score (nSPS) is 10.5. The molecular weight excluding hydrogens is 254 g/mol. The van der Waals surface area contributed by atoms with E-state index in [2.05, 4.69) is 0 Å². The fraction of sp³-hybridized carbons (Fsp3) is 0.267. The molecule has 2 aromatic rings. The van der Waals surface area contributed by atoms with Crippen LogP contribution in [0.25, 0.3) is 0 Å². The fourth-order valence-corrected chi connectivity index (χ4v) is 1.92. The van der Waals surface area contributed by atoms with E-state index < -0.39 is 0 Å². The van der Waals surface area contributed by atoms with Crippen LogP contribution in [0.15, 0.2) is 41.5 Å². The summed E-state index contributed by atoms with van der Waals surface area (Å²) < 4.78 is 2.96. The maximum absolute atomic E-state index is 12.1. The Labute approximate surface area is 116 Å². The van der Waals surface area contributed by atoms with Crippen molar-refractivity contribution in [2.24, 2.45) is 0 Å². The second-order valence-corrected chi connectivity index (χ2v) is 4.82. The van der Waals surface area contributed by atoms with Gasteiger partial charge >= 0.3 is 5.69 Å². The number of hydrogen-bond donors (Lipinski definition) is 0. The molecule has 0 spiro atoms. The Morgan fingerprint density at radius 3 is 2.40 bits per heavy atom. The molecule has 5 heteroatoms. The van der Waals surface area contributed by atoms with E-state index in [0.717, 1.165) is 0 Å². The smallest absolute Gasteiger partial charge is 0.297 e. The summed E-state index contributed by atoms with van der Waals surface area (Å²) in [6, 6.07) is 8.45. The molecule has 0 amide bonds. The lowest BCUT2D eigenvalue weighted by Crippen LogP contribution is -2.27. The van der Waals surface area contributed by atoms with Gasteiger partial charge in [0.25, 0.3) is 0 Å². The Morgan fingerprint density at radius 1 is 1.25 bits per heavy atom. The van der Waals surface area contributed by atoms with Crippen molar-refractivity contribution >= 4 is 5.78 Å². The number of carbonyl (C=O) groups excluding carboxylic acids is 1. The number of carbonyl (C=O) groups is 1.